The highest BCUT2D eigenvalue weighted by atomic mass is 35.5. The van der Waals surface area contributed by atoms with Crippen LogP contribution in [0.3, 0.4) is 0 Å². The van der Waals surface area contributed by atoms with E-state index >= 15 is 0 Å². The van der Waals surface area contributed by atoms with E-state index in [-0.39, 0.29) is 18.4 Å². The first-order valence-corrected chi connectivity index (χ1v) is 9.08. The minimum atomic E-state index is -0.154. The second kappa shape index (κ2) is 7.77. The van der Waals surface area contributed by atoms with Gasteiger partial charge in [0.2, 0.25) is 5.91 Å². The molecule has 1 aromatic carbocycles. The monoisotopic (exact) mass is 400 g/mol. The lowest BCUT2D eigenvalue weighted by Gasteiger charge is -2.34. The van der Waals surface area contributed by atoms with E-state index in [1.54, 1.807) is 21.9 Å². The molecule has 28 heavy (non-hydrogen) atoms. The maximum Gasteiger partial charge on any atom is 0.272 e. The molecule has 0 unspecified atom stereocenters. The van der Waals surface area contributed by atoms with Crippen LogP contribution in [0.5, 0.6) is 0 Å². The molecule has 0 saturated carbocycles. The Morgan fingerprint density at radius 1 is 1.11 bits per heavy atom. The first-order chi connectivity index (χ1) is 13.6. The maximum atomic E-state index is 12.7. The highest BCUT2D eigenvalue weighted by molar-refractivity contribution is 6.33. The first-order valence-electron chi connectivity index (χ1n) is 8.70. The Hall–Kier alpha value is -3.27. The van der Waals surface area contributed by atoms with Crippen molar-refractivity contribution in [1.82, 2.24) is 40.2 Å². The van der Waals surface area contributed by atoms with E-state index in [1.807, 2.05) is 18.2 Å². The number of aromatic amines is 1. The molecular formula is C17H17ClN8O2. The van der Waals surface area contributed by atoms with Crippen LogP contribution in [-0.4, -0.2) is 78.2 Å². The molecule has 0 aliphatic carbocycles. The molecular weight excluding hydrogens is 384 g/mol. The summed E-state index contributed by atoms with van der Waals surface area (Å²) >= 11 is 6.19. The van der Waals surface area contributed by atoms with Gasteiger partial charge in [0.25, 0.3) is 5.91 Å². The van der Waals surface area contributed by atoms with Crippen molar-refractivity contribution in [2.75, 3.05) is 26.2 Å². The van der Waals surface area contributed by atoms with E-state index in [2.05, 4.69) is 25.7 Å². The first kappa shape index (κ1) is 18.1. The number of nitrogens with one attached hydrogen (secondary N) is 1. The fraction of sp³-hybridized carbons (Fsp3) is 0.294. The number of carbonyl (C=O) groups is 2. The number of carbonyl (C=O) groups excluding carboxylic acids is 2. The van der Waals surface area contributed by atoms with Gasteiger partial charge >= 0.3 is 0 Å². The molecule has 11 heteroatoms. The van der Waals surface area contributed by atoms with Crippen molar-refractivity contribution in [3.05, 3.63) is 47.4 Å². The number of rotatable bonds is 4. The van der Waals surface area contributed by atoms with Gasteiger partial charge in [-0.05, 0) is 22.6 Å². The van der Waals surface area contributed by atoms with E-state index in [9.17, 15) is 9.59 Å². The molecule has 0 bridgehead atoms. The second-order valence-electron chi connectivity index (χ2n) is 6.33. The summed E-state index contributed by atoms with van der Waals surface area (Å²) in [5.74, 6) is -0.236. The molecule has 1 saturated heterocycles. The third-order valence-corrected chi connectivity index (χ3v) is 4.90. The molecule has 3 aromatic rings. The molecule has 1 aliphatic rings. The standard InChI is InChI=1S/C17H17ClN8O2/c18-13-4-2-1-3-12(13)14-9-15(21-20-14)17(28)25-7-5-24(6-8-25)16(27)10-26-11-19-22-23-26/h1-4,9,11H,5-8,10H2,(H,20,21). The molecule has 0 atom stereocenters. The molecule has 10 nitrogen and oxygen atoms in total. The van der Waals surface area contributed by atoms with Gasteiger partial charge in [0, 0.05) is 31.7 Å². The van der Waals surface area contributed by atoms with Crippen LogP contribution in [0.25, 0.3) is 11.3 Å². The average molecular weight is 401 g/mol. The number of amides is 2. The van der Waals surface area contributed by atoms with Gasteiger partial charge in [-0.15, -0.1) is 5.10 Å². The summed E-state index contributed by atoms with van der Waals surface area (Å²) in [6.07, 6.45) is 1.40. The lowest BCUT2D eigenvalue weighted by Crippen LogP contribution is -2.51. The van der Waals surface area contributed by atoms with Crippen LogP contribution in [0.1, 0.15) is 10.5 Å². The zero-order valence-corrected chi connectivity index (χ0v) is 15.6. The third-order valence-electron chi connectivity index (χ3n) is 4.57. The molecule has 1 aliphatic heterocycles. The van der Waals surface area contributed by atoms with Crippen molar-refractivity contribution >= 4 is 23.4 Å². The number of nitrogens with zero attached hydrogens (tertiary/aromatic N) is 7. The highest BCUT2D eigenvalue weighted by Crippen LogP contribution is 2.26. The van der Waals surface area contributed by atoms with Gasteiger partial charge in [0.1, 0.15) is 18.6 Å². The summed E-state index contributed by atoms with van der Waals surface area (Å²) in [6, 6.07) is 9.02. The van der Waals surface area contributed by atoms with Crippen LogP contribution < -0.4 is 0 Å². The molecule has 2 aromatic heterocycles. The Balaban J connectivity index is 1.37. The number of hydrogen-bond donors (Lipinski definition) is 1. The normalized spacial score (nSPS) is 14.3. The van der Waals surface area contributed by atoms with Crippen LogP contribution in [0.4, 0.5) is 0 Å². The Labute approximate surface area is 165 Å². The molecule has 0 spiro atoms. The highest BCUT2D eigenvalue weighted by Gasteiger charge is 2.26. The Kier molecular flexibility index (Phi) is 5.02. The summed E-state index contributed by atoms with van der Waals surface area (Å²) in [5.41, 5.74) is 1.77. The molecule has 1 fully saturated rings. The zero-order valence-electron chi connectivity index (χ0n) is 14.8. The molecule has 4 rings (SSSR count). The fourth-order valence-electron chi connectivity index (χ4n) is 3.06. The van der Waals surface area contributed by atoms with Gasteiger partial charge in [0.05, 0.1) is 10.7 Å². The van der Waals surface area contributed by atoms with Crippen molar-refractivity contribution < 1.29 is 9.59 Å². The van der Waals surface area contributed by atoms with Gasteiger partial charge in [-0.3, -0.25) is 14.7 Å². The van der Waals surface area contributed by atoms with Crippen LogP contribution in [-0.2, 0) is 11.3 Å². The number of piperazine rings is 1. The van der Waals surface area contributed by atoms with Crippen molar-refractivity contribution in [3.63, 3.8) is 0 Å². The average Bonchev–Trinajstić information content (AvgIpc) is 3.40. The molecule has 3 heterocycles. The fourth-order valence-corrected chi connectivity index (χ4v) is 3.29. The van der Waals surface area contributed by atoms with Gasteiger partial charge in [-0.25, -0.2) is 4.68 Å². The Bertz CT molecular complexity index is 979. The Morgan fingerprint density at radius 3 is 2.57 bits per heavy atom. The topological polar surface area (TPSA) is 113 Å². The van der Waals surface area contributed by atoms with E-state index in [0.717, 1.165) is 5.56 Å². The number of halogens is 1. The van der Waals surface area contributed by atoms with Gasteiger partial charge in [-0.2, -0.15) is 5.10 Å². The van der Waals surface area contributed by atoms with Gasteiger partial charge in [0.15, 0.2) is 0 Å². The largest absolute Gasteiger partial charge is 0.338 e. The predicted molar refractivity (Wildman–Crippen MR) is 99.3 cm³/mol. The van der Waals surface area contributed by atoms with E-state index in [4.69, 9.17) is 11.6 Å². The molecule has 1 N–H and O–H groups in total. The van der Waals surface area contributed by atoms with Crippen LogP contribution >= 0.6 is 11.6 Å². The van der Waals surface area contributed by atoms with Crippen LogP contribution in [0.2, 0.25) is 5.02 Å². The molecule has 2 amide bonds. The predicted octanol–water partition coefficient (Wildman–Crippen LogP) is 0.701. The summed E-state index contributed by atoms with van der Waals surface area (Å²) in [7, 11) is 0. The smallest absolute Gasteiger partial charge is 0.272 e. The van der Waals surface area contributed by atoms with Crippen LogP contribution in [0.15, 0.2) is 36.7 Å². The van der Waals surface area contributed by atoms with Gasteiger partial charge < -0.3 is 9.80 Å². The van der Waals surface area contributed by atoms with Crippen molar-refractivity contribution in [2.45, 2.75) is 6.54 Å². The quantitative estimate of drug-likeness (QED) is 0.689. The van der Waals surface area contributed by atoms with Crippen LogP contribution in [0, 0.1) is 0 Å². The van der Waals surface area contributed by atoms with E-state index < -0.39 is 0 Å². The lowest BCUT2D eigenvalue weighted by atomic mass is 10.1. The number of H-pyrrole nitrogens is 1. The molecule has 144 valence electrons. The minimum Gasteiger partial charge on any atom is -0.338 e. The SMILES string of the molecule is O=C(Cn1cnnn1)N1CCN(C(=O)c2cc(-c3ccccc3Cl)n[nH]2)CC1. The Morgan fingerprint density at radius 2 is 1.86 bits per heavy atom. The minimum absolute atomic E-state index is 0.0815. The number of aromatic nitrogens is 6. The van der Waals surface area contributed by atoms with E-state index in [1.165, 1.54) is 11.0 Å². The number of hydrogen-bond acceptors (Lipinski definition) is 6. The summed E-state index contributed by atoms with van der Waals surface area (Å²) < 4.78 is 1.38. The molecule has 0 radical (unpaired) electrons. The van der Waals surface area contributed by atoms with Crippen molar-refractivity contribution in [3.8, 4) is 11.3 Å². The second-order valence-corrected chi connectivity index (χ2v) is 6.73. The summed E-state index contributed by atoms with van der Waals surface area (Å²) in [5, 5.41) is 18.3. The van der Waals surface area contributed by atoms with Crippen molar-refractivity contribution in [2.24, 2.45) is 0 Å². The number of benzene rings is 1. The summed E-state index contributed by atoms with van der Waals surface area (Å²) in [6.45, 7) is 1.89. The zero-order chi connectivity index (χ0) is 19.5. The number of tetrazole rings is 1. The third kappa shape index (κ3) is 3.72. The van der Waals surface area contributed by atoms with Crippen molar-refractivity contribution in [1.29, 1.82) is 0 Å². The maximum absolute atomic E-state index is 12.7. The summed E-state index contributed by atoms with van der Waals surface area (Å²) in [4.78, 5) is 28.4. The van der Waals surface area contributed by atoms with Gasteiger partial charge in [-0.1, -0.05) is 29.8 Å². The lowest BCUT2D eigenvalue weighted by molar-refractivity contribution is -0.133. The van der Waals surface area contributed by atoms with E-state index in [0.29, 0.717) is 42.6 Å².